The monoisotopic (exact) mass is 753 g/mol. The summed E-state index contributed by atoms with van der Waals surface area (Å²) < 4.78 is 22.5. The van der Waals surface area contributed by atoms with E-state index in [9.17, 15) is 14.0 Å². The summed E-state index contributed by atoms with van der Waals surface area (Å²) in [6.07, 6.45) is 6.51. The van der Waals surface area contributed by atoms with Crippen LogP contribution in [-0.4, -0.2) is 98.3 Å². The lowest BCUT2D eigenvalue weighted by Crippen LogP contribution is -2.55. The minimum Gasteiger partial charge on any atom is -0.453 e. The molecule has 3 aromatic heterocycles. The van der Waals surface area contributed by atoms with Crippen LogP contribution < -0.4 is 15.0 Å². The molecule has 2 atom stereocenters. The summed E-state index contributed by atoms with van der Waals surface area (Å²) in [6.45, 7) is 7.55. The van der Waals surface area contributed by atoms with Crippen LogP contribution in [0.15, 0.2) is 60.9 Å². The van der Waals surface area contributed by atoms with Gasteiger partial charge in [0.15, 0.2) is 11.4 Å². The van der Waals surface area contributed by atoms with E-state index in [2.05, 4.69) is 52.2 Å². The van der Waals surface area contributed by atoms with Gasteiger partial charge in [0.05, 0.1) is 29.4 Å². The number of H-pyrrole nitrogens is 1. The Morgan fingerprint density at radius 3 is 2.48 bits per heavy atom. The molecule has 3 fully saturated rings. The van der Waals surface area contributed by atoms with Gasteiger partial charge in [0, 0.05) is 71.2 Å². The largest absolute Gasteiger partial charge is 0.453 e. The van der Waals surface area contributed by atoms with E-state index in [1.807, 2.05) is 56.6 Å². The third-order valence-electron chi connectivity index (χ3n) is 11.1. The number of fused-ring (bicyclic) bond motifs is 1. The van der Waals surface area contributed by atoms with E-state index >= 15 is 0 Å². The van der Waals surface area contributed by atoms with Gasteiger partial charge in [-0.1, -0.05) is 35.9 Å². The number of piperidine rings is 2. The fourth-order valence-corrected chi connectivity index (χ4v) is 8.31. The summed E-state index contributed by atoms with van der Waals surface area (Å²) in [7, 11) is 1.87. The number of alkyl halides is 1. The lowest BCUT2D eigenvalue weighted by atomic mass is 9.90. The number of halogens is 2. The first-order valence-electron chi connectivity index (χ1n) is 18.7. The summed E-state index contributed by atoms with van der Waals surface area (Å²) in [6, 6.07) is 16.1. The van der Waals surface area contributed by atoms with E-state index in [1.165, 1.54) is 0 Å². The minimum absolute atomic E-state index is 0.120. The molecular formula is C40H45ClFN9O3. The van der Waals surface area contributed by atoms with Gasteiger partial charge >= 0.3 is 0 Å². The van der Waals surface area contributed by atoms with Crippen molar-refractivity contribution in [1.29, 1.82) is 0 Å². The molecule has 0 aliphatic carbocycles. The van der Waals surface area contributed by atoms with Crippen molar-refractivity contribution in [3.63, 3.8) is 0 Å². The number of ether oxygens (including phenoxy) is 1. The number of hydrogen-bond acceptors (Lipinski definition) is 9. The highest BCUT2D eigenvalue weighted by atomic mass is 35.5. The molecule has 3 saturated heterocycles. The molecule has 3 aliphatic heterocycles. The zero-order valence-electron chi connectivity index (χ0n) is 30.6. The van der Waals surface area contributed by atoms with Gasteiger partial charge in [0.25, 0.3) is 0 Å². The molecule has 5 aromatic rings. The number of carbonyl (C=O) groups excluding carboxylic acids is 2. The molecule has 8 rings (SSSR count). The van der Waals surface area contributed by atoms with Gasteiger partial charge in [-0.15, -0.1) is 0 Å². The molecule has 12 nitrogen and oxygen atoms in total. The van der Waals surface area contributed by atoms with Crippen LogP contribution in [0.1, 0.15) is 48.4 Å². The summed E-state index contributed by atoms with van der Waals surface area (Å²) in [5.41, 5.74) is 6.10. The third kappa shape index (κ3) is 7.71. The normalized spacial score (nSPS) is 20.5. The second-order valence-corrected chi connectivity index (χ2v) is 15.2. The molecule has 2 amide bonds. The van der Waals surface area contributed by atoms with Crippen LogP contribution in [0.4, 0.5) is 10.1 Å². The Balaban J connectivity index is 0.824. The van der Waals surface area contributed by atoms with Crippen LogP contribution in [0, 0.1) is 12.8 Å². The van der Waals surface area contributed by atoms with Crippen molar-refractivity contribution in [2.75, 3.05) is 50.8 Å². The Hall–Kier alpha value is -4.85. The van der Waals surface area contributed by atoms with Crippen LogP contribution >= 0.6 is 11.6 Å². The lowest BCUT2D eigenvalue weighted by molar-refractivity contribution is -0.134. The Bertz CT molecular complexity index is 2130. The number of rotatable bonds is 10. The van der Waals surface area contributed by atoms with Gasteiger partial charge in [0.2, 0.25) is 11.8 Å². The first-order valence-corrected chi connectivity index (χ1v) is 19.1. The highest BCUT2D eigenvalue weighted by molar-refractivity contribution is 6.32. The molecule has 0 bridgehead atoms. The summed E-state index contributed by atoms with van der Waals surface area (Å²) in [4.78, 5) is 43.3. The smallest absolute Gasteiger partial charge is 0.234 e. The number of hydrogen-bond donors (Lipinski definition) is 2. The van der Waals surface area contributed by atoms with Crippen LogP contribution in [-0.2, 0) is 23.2 Å². The quantitative estimate of drug-likeness (QED) is 0.165. The summed E-state index contributed by atoms with van der Waals surface area (Å²) in [5.74, 6) is 1.62. The Kier molecular flexibility index (Phi) is 10.4. The number of imidazole rings is 1. The van der Waals surface area contributed by atoms with Crippen molar-refractivity contribution in [3.8, 4) is 22.9 Å². The highest BCUT2D eigenvalue weighted by Gasteiger charge is 2.31. The number of piperazine rings is 1. The van der Waals surface area contributed by atoms with Gasteiger partial charge in [-0.25, -0.2) is 14.4 Å². The molecular weight excluding hydrogens is 709 g/mol. The number of pyridine rings is 1. The van der Waals surface area contributed by atoms with Crippen molar-refractivity contribution in [2.45, 2.75) is 51.1 Å². The van der Waals surface area contributed by atoms with Gasteiger partial charge in [-0.05, 0) is 67.5 Å². The van der Waals surface area contributed by atoms with E-state index in [-0.39, 0.29) is 30.4 Å². The predicted molar refractivity (Wildman–Crippen MR) is 205 cm³/mol. The second-order valence-electron chi connectivity index (χ2n) is 14.8. The van der Waals surface area contributed by atoms with Gasteiger partial charge < -0.3 is 14.6 Å². The van der Waals surface area contributed by atoms with E-state index in [1.54, 1.807) is 10.9 Å². The molecule has 54 heavy (non-hydrogen) atoms. The van der Waals surface area contributed by atoms with E-state index in [0.29, 0.717) is 58.8 Å². The summed E-state index contributed by atoms with van der Waals surface area (Å²) in [5, 5.41) is 7.25. The molecule has 282 valence electrons. The Labute approximate surface area is 318 Å². The van der Waals surface area contributed by atoms with E-state index in [0.717, 1.165) is 80.2 Å². The number of aromatic nitrogens is 5. The molecule has 2 aromatic carbocycles. The number of amides is 2. The molecule has 6 heterocycles. The zero-order valence-corrected chi connectivity index (χ0v) is 31.4. The number of aryl methyl sites for hydroxylation is 2. The van der Waals surface area contributed by atoms with Crippen LogP contribution in [0.3, 0.4) is 0 Å². The lowest BCUT2D eigenvalue weighted by Gasteiger charge is -2.43. The molecule has 2 N–H and O–H groups in total. The van der Waals surface area contributed by atoms with Crippen molar-refractivity contribution in [2.24, 2.45) is 13.0 Å². The molecule has 0 saturated carbocycles. The molecule has 0 spiro atoms. The average molecular weight is 754 g/mol. The minimum atomic E-state index is -0.363. The SMILES string of the molecule is Cc1nn(C)cc1-c1nc2ncc(Cl)c(Oc3ccc(CN4CCN(CC5CCN(c6ccc([C@H]7CCC(=O)NC7=O)cc6)CC5)C(CF)C4)cc3)c2[nH]1. The Morgan fingerprint density at radius 1 is 1.00 bits per heavy atom. The Morgan fingerprint density at radius 2 is 1.78 bits per heavy atom. The zero-order chi connectivity index (χ0) is 37.3. The predicted octanol–water partition coefficient (Wildman–Crippen LogP) is 6.01. The number of anilines is 1. The number of benzene rings is 2. The van der Waals surface area contributed by atoms with Crippen molar-refractivity contribution in [3.05, 3.63) is 82.8 Å². The first kappa shape index (κ1) is 36.1. The standard InChI is InChI=1S/C40H45ClFN9O3/c1-25-33(24-48(2)47-25)38-45-36-37(34(41)20-43-39(36)46-38)54-31-9-3-26(4-10-31)21-49-17-18-51(30(19-42)23-49)22-27-13-15-50(16-14-27)29-7-5-28(6-8-29)32-11-12-35(52)44-40(32)53/h3-10,20,24,27,30,32H,11-19,21-23H2,1-2H3,(H,43,45,46)(H,44,52,53)/t30?,32-/m1/s1. The van der Waals surface area contributed by atoms with E-state index < -0.39 is 0 Å². The molecule has 1 unspecified atom stereocenters. The summed E-state index contributed by atoms with van der Waals surface area (Å²) >= 11 is 6.56. The number of nitrogens with zero attached hydrogens (tertiary/aromatic N) is 7. The second kappa shape index (κ2) is 15.5. The highest BCUT2D eigenvalue weighted by Crippen LogP contribution is 2.36. The van der Waals surface area contributed by atoms with Gasteiger partial charge in [0.1, 0.15) is 28.8 Å². The van der Waals surface area contributed by atoms with Crippen LogP contribution in [0.2, 0.25) is 5.02 Å². The molecule has 14 heteroatoms. The number of nitrogens with one attached hydrogen (secondary N) is 2. The number of imide groups is 1. The maximum Gasteiger partial charge on any atom is 0.234 e. The maximum atomic E-state index is 14.5. The topological polar surface area (TPSA) is 125 Å². The van der Waals surface area contributed by atoms with Crippen molar-refractivity contribution >= 4 is 40.3 Å². The number of carbonyl (C=O) groups is 2. The number of aromatic amines is 1. The van der Waals surface area contributed by atoms with Crippen LogP contribution in [0.25, 0.3) is 22.6 Å². The average Bonchev–Trinajstić information content (AvgIpc) is 3.76. The first-order chi connectivity index (χ1) is 26.2. The van der Waals surface area contributed by atoms with Crippen LogP contribution in [0.5, 0.6) is 11.5 Å². The van der Waals surface area contributed by atoms with E-state index in [4.69, 9.17) is 16.3 Å². The molecule has 3 aliphatic rings. The maximum absolute atomic E-state index is 14.5. The fraction of sp³-hybridized carbons (Fsp3) is 0.425. The molecule has 0 radical (unpaired) electrons. The van der Waals surface area contributed by atoms with Gasteiger partial charge in [-0.2, -0.15) is 5.10 Å². The fourth-order valence-electron chi connectivity index (χ4n) is 8.13. The van der Waals surface area contributed by atoms with Crippen molar-refractivity contribution < 1.29 is 18.7 Å². The van der Waals surface area contributed by atoms with Crippen molar-refractivity contribution in [1.82, 2.24) is 39.8 Å². The third-order valence-corrected chi connectivity index (χ3v) is 11.4. The van der Waals surface area contributed by atoms with Gasteiger partial charge in [-0.3, -0.25) is 29.4 Å².